The molecular formula is C31H38ClN3O4S. The molecule has 1 atom stereocenters. The number of nitrogens with zero attached hydrogens (tertiary/aromatic N) is 2. The molecule has 214 valence electrons. The van der Waals surface area contributed by atoms with Gasteiger partial charge in [-0.2, -0.15) is 0 Å². The third-order valence-electron chi connectivity index (χ3n) is 6.47. The van der Waals surface area contributed by atoms with Crippen LogP contribution in [-0.2, 0) is 26.2 Å². The lowest BCUT2D eigenvalue weighted by molar-refractivity contribution is -0.140. The van der Waals surface area contributed by atoms with Crippen molar-refractivity contribution < 1.29 is 18.0 Å². The van der Waals surface area contributed by atoms with Gasteiger partial charge in [0.1, 0.15) is 12.6 Å². The average molecular weight is 584 g/mol. The van der Waals surface area contributed by atoms with Crippen molar-refractivity contribution in [3.05, 3.63) is 94.0 Å². The minimum Gasteiger partial charge on any atom is -0.350 e. The van der Waals surface area contributed by atoms with Crippen LogP contribution in [0.4, 0.5) is 5.69 Å². The molecule has 3 rings (SSSR count). The van der Waals surface area contributed by atoms with Crippen LogP contribution >= 0.6 is 11.6 Å². The molecular weight excluding hydrogens is 546 g/mol. The van der Waals surface area contributed by atoms with Gasteiger partial charge in [0.05, 0.1) is 10.6 Å². The highest BCUT2D eigenvalue weighted by atomic mass is 35.5. The summed E-state index contributed by atoms with van der Waals surface area (Å²) < 4.78 is 29.1. The molecule has 3 aromatic carbocycles. The molecule has 0 spiro atoms. The first kappa shape index (κ1) is 31.2. The number of carbonyl (C=O) groups is 2. The van der Waals surface area contributed by atoms with Crippen LogP contribution in [0, 0.1) is 20.8 Å². The highest BCUT2D eigenvalue weighted by Gasteiger charge is 2.34. The van der Waals surface area contributed by atoms with E-state index in [2.05, 4.69) is 5.32 Å². The summed E-state index contributed by atoms with van der Waals surface area (Å²) in [5, 5.41) is 3.37. The molecule has 40 heavy (non-hydrogen) atoms. The Bertz CT molecular complexity index is 1480. The normalized spacial score (nSPS) is 12.5. The zero-order valence-electron chi connectivity index (χ0n) is 24.2. The van der Waals surface area contributed by atoms with E-state index in [4.69, 9.17) is 11.6 Å². The van der Waals surface area contributed by atoms with Crippen molar-refractivity contribution in [1.82, 2.24) is 10.2 Å². The van der Waals surface area contributed by atoms with Gasteiger partial charge < -0.3 is 10.2 Å². The van der Waals surface area contributed by atoms with Crippen LogP contribution in [0.3, 0.4) is 0 Å². The van der Waals surface area contributed by atoms with Crippen LogP contribution in [0.1, 0.15) is 49.9 Å². The topological polar surface area (TPSA) is 86.8 Å². The van der Waals surface area contributed by atoms with Crippen LogP contribution < -0.4 is 9.62 Å². The van der Waals surface area contributed by atoms with Crippen LogP contribution in [-0.4, -0.2) is 43.3 Å². The molecule has 0 aliphatic heterocycles. The molecule has 0 aliphatic carbocycles. The summed E-state index contributed by atoms with van der Waals surface area (Å²) in [6.45, 7) is 12.3. The second-order valence-corrected chi connectivity index (χ2v) is 13.4. The summed E-state index contributed by atoms with van der Waals surface area (Å²) in [7, 11) is -4.13. The number of aryl methyl sites for hydroxylation is 3. The fourth-order valence-corrected chi connectivity index (χ4v) is 5.98. The molecule has 0 heterocycles. The monoisotopic (exact) mass is 583 g/mol. The molecule has 9 heteroatoms. The zero-order chi connectivity index (χ0) is 29.8. The van der Waals surface area contributed by atoms with E-state index in [0.717, 1.165) is 15.4 Å². The molecule has 7 nitrogen and oxygen atoms in total. The van der Waals surface area contributed by atoms with Gasteiger partial charge in [0.25, 0.3) is 10.0 Å². The number of hydrogen-bond donors (Lipinski definition) is 1. The fourth-order valence-electron chi connectivity index (χ4n) is 4.30. The van der Waals surface area contributed by atoms with E-state index in [0.29, 0.717) is 21.8 Å². The maximum absolute atomic E-state index is 14.1. The molecule has 0 radical (unpaired) electrons. The van der Waals surface area contributed by atoms with Crippen LogP contribution in [0.2, 0.25) is 5.02 Å². The van der Waals surface area contributed by atoms with Crippen molar-refractivity contribution in [3.63, 3.8) is 0 Å². The minimum atomic E-state index is -4.13. The quantitative estimate of drug-likeness (QED) is 0.345. The van der Waals surface area contributed by atoms with Crippen molar-refractivity contribution in [3.8, 4) is 0 Å². The van der Waals surface area contributed by atoms with Gasteiger partial charge in [0.2, 0.25) is 11.8 Å². The molecule has 0 bridgehead atoms. The third kappa shape index (κ3) is 7.64. The van der Waals surface area contributed by atoms with Gasteiger partial charge in [-0.25, -0.2) is 8.42 Å². The predicted molar refractivity (Wildman–Crippen MR) is 161 cm³/mol. The van der Waals surface area contributed by atoms with Gasteiger partial charge in [0, 0.05) is 17.1 Å². The second-order valence-electron chi connectivity index (χ2n) is 11.1. The Kier molecular flexibility index (Phi) is 9.69. The summed E-state index contributed by atoms with van der Waals surface area (Å²) in [4.78, 5) is 28.7. The summed E-state index contributed by atoms with van der Waals surface area (Å²) >= 11 is 6.42. The SMILES string of the molecule is Cc1ccc(S(=O)(=O)N(CC(=O)N(Cc2ccccc2Cl)[C@H](C)C(=O)NC(C)(C)C)c2ccc(C)cc2C)cc1. The van der Waals surface area contributed by atoms with E-state index in [1.165, 1.54) is 17.0 Å². The lowest BCUT2D eigenvalue weighted by atomic mass is 10.1. The third-order valence-corrected chi connectivity index (χ3v) is 8.62. The van der Waals surface area contributed by atoms with Gasteiger partial charge in [-0.15, -0.1) is 0 Å². The standard InChI is InChI=1S/C31H38ClN3O4S/c1-21-12-15-26(16-13-21)40(38,39)35(28-17-14-22(2)18-23(28)3)20-29(36)34(19-25-10-8-9-11-27(25)32)24(4)30(37)33-31(5,6)7/h8-18,24H,19-20H2,1-7H3,(H,33,37)/t24-/m1/s1. The number of hydrogen-bond acceptors (Lipinski definition) is 4. The van der Waals surface area contributed by atoms with Gasteiger partial charge in [-0.3, -0.25) is 13.9 Å². The number of sulfonamides is 1. The molecule has 0 fully saturated rings. The van der Waals surface area contributed by atoms with Crippen LogP contribution in [0.5, 0.6) is 0 Å². The fraction of sp³-hybridized carbons (Fsp3) is 0.355. The zero-order valence-corrected chi connectivity index (χ0v) is 25.7. The molecule has 0 aliphatic rings. The van der Waals surface area contributed by atoms with Gasteiger partial charge in [-0.05, 0) is 83.9 Å². The van der Waals surface area contributed by atoms with Gasteiger partial charge in [0.15, 0.2) is 0 Å². The van der Waals surface area contributed by atoms with E-state index >= 15 is 0 Å². The number of amides is 2. The summed E-state index contributed by atoms with van der Waals surface area (Å²) in [6.07, 6.45) is 0. The second kappa shape index (κ2) is 12.4. The molecule has 1 N–H and O–H groups in total. The summed E-state index contributed by atoms with van der Waals surface area (Å²) in [5.74, 6) is -0.889. The number of benzene rings is 3. The van der Waals surface area contributed by atoms with Crippen molar-refractivity contribution >= 4 is 39.1 Å². The summed E-state index contributed by atoms with van der Waals surface area (Å²) in [5.41, 5.74) is 3.10. The number of rotatable bonds is 9. The van der Waals surface area contributed by atoms with E-state index in [-0.39, 0.29) is 17.3 Å². The van der Waals surface area contributed by atoms with Crippen LogP contribution in [0.15, 0.2) is 71.6 Å². The minimum absolute atomic E-state index is 0.0303. The average Bonchev–Trinajstić information content (AvgIpc) is 2.86. The Morgan fingerprint density at radius 2 is 1.52 bits per heavy atom. The van der Waals surface area contributed by atoms with Gasteiger partial charge in [-0.1, -0.05) is 65.2 Å². The Hall–Kier alpha value is -3.36. The Morgan fingerprint density at radius 3 is 2.10 bits per heavy atom. The first-order valence-electron chi connectivity index (χ1n) is 13.1. The molecule has 3 aromatic rings. The van der Waals surface area contributed by atoms with E-state index < -0.39 is 34.1 Å². The molecule has 2 amide bonds. The van der Waals surface area contributed by atoms with E-state index in [9.17, 15) is 18.0 Å². The Labute approximate surface area is 243 Å². The maximum atomic E-state index is 14.1. The van der Waals surface area contributed by atoms with Crippen LogP contribution in [0.25, 0.3) is 0 Å². The maximum Gasteiger partial charge on any atom is 0.264 e. The Balaban J connectivity index is 2.08. The molecule has 0 saturated heterocycles. The predicted octanol–water partition coefficient (Wildman–Crippen LogP) is 5.79. The molecule has 0 aromatic heterocycles. The smallest absolute Gasteiger partial charge is 0.264 e. The van der Waals surface area contributed by atoms with E-state index in [1.807, 2.05) is 53.7 Å². The molecule has 0 unspecified atom stereocenters. The number of nitrogens with one attached hydrogen (secondary N) is 1. The first-order valence-corrected chi connectivity index (χ1v) is 14.9. The number of carbonyl (C=O) groups excluding carboxylic acids is 2. The summed E-state index contributed by atoms with van der Waals surface area (Å²) in [6, 6.07) is 18.1. The lowest BCUT2D eigenvalue weighted by Crippen LogP contribution is -2.54. The van der Waals surface area contributed by atoms with Crippen molar-refractivity contribution in [2.45, 2.75) is 71.5 Å². The largest absolute Gasteiger partial charge is 0.350 e. The van der Waals surface area contributed by atoms with Crippen molar-refractivity contribution in [2.24, 2.45) is 0 Å². The highest BCUT2D eigenvalue weighted by Crippen LogP contribution is 2.29. The lowest BCUT2D eigenvalue weighted by Gasteiger charge is -2.34. The first-order chi connectivity index (χ1) is 18.6. The van der Waals surface area contributed by atoms with Crippen molar-refractivity contribution in [2.75, 3.05) is 10.8 Å². The van der Waals surface area contributed by atoms with Crippen molar-refractivity contribution in [1.29, 1.82) is 0 Å². The van der Waals surface area contributed by atoms with Gasteiger partial charge >= 0.3 is 0 Å². The number of halogens is 1. The van der Waals surface area contributed by atoms with E-state index in [1.54, 1.807) is 49.4 Å². The number of anilines is 1. The highest BCUT2D eigenvalue weighted by molar-refractivity contribution is 7.92. The Morgan fingerprint density at radius 1 is 0.925 bits per heavy atom. The molecule has 0 saturated carbocycles.